The Labute approximate surface area is 99.7 Å². The summed E-state index contributed by atoms with van der Waals surface area (Å²) in [7, 11) is 0. The molecule has 1 N–H and O–H groups in total. The van der Waals surface area contributed by atoms with Crippen molar-refractivity contribution in [3.8, 4) is 0 Å². The maximum Gasteiger partial charge on any atom is 1.00 e. The van der Waals surface area contributed by atoms with Gasteiger partial charge in [-0.25, -0.2) is 0 Å². The molecule has 0 bridgehead atoms. The van der Waals surface area contributed by atoms with Crippen LogP contribution in [0.1, 0.15) is 20.3 Å². The van der Waals surface area contributed by atoms with E-state index in [1.807, 2.05) is 0 Å². The zero-order valence-electron chi connectivity index (χ0n) is 8.22. The predicted octanol–water partition coefficient (Wildman–Crippen LogP) is -3.79. The van der Waals surface area contributed by atoms with Crippen molar-refractivity contribution in [1.29, 1.82) is 0 Å². The topological polar surface area (TPSA) is 69.2 Å². The summed E-state index contributed by atoms with van der Waals surface area (Å²) in [5, 5.41) is 12.7. The molecule has 4 nitrogen and oxygen atoms in total. The molecule has 0 rings (SSSR count). The summed E-state index contributed by atoms with van der Waals surface area (Å²) in [6.07, 6.45) is 0.879. The van der Waals surface area contributed by atoms with Gasteiger partial charge in [-0.2, -0.15) is 0 Å². The van der Waals surface area contributed by atoms with Gasteiger partial charge in [0, 0.05) is 17.9 Å². The molecule has 0 spiro atoms. The number of carbonyl (C=O) groups is 2. The van der Waals surface area contributed by atoms with Crippen molar-refractivity contribution < 1.29 is 44.3 Å². The van der Waals surface area contributed by atoms with Crippen LogP contribution in [-0.4, -0.2) is 17.4 Å². The van der Waals surface area contributed by atoms with Crippen molar-refractivity contribution in [2.75, 3.05) is 0 Å². The zero-order valence-corrected chi connectivity index (χ0v) is 10.2. The standard InChI is InChI=1S/C8H13NO3.Na/c1-4-6(10)9-8(2,3)5-7(11)12;/h4H,1,5H2,2-3H3,(H,9,10)(H,11,12);/q;+1/p-1. The van der Waals surface area contributed by atoms with Crippen LogP contribution >= 0.6 is 0 Å². The molecule has 0 saturated carbocycles. The van der Waals surface area contributed by atoms with Gasteiger partial charge in [0.1, 0.15) is 0 Å². The molecule has 13 heavy (non-hydrogen) atoms. The van der Waals surface area contributed by atoms with E-state index >= 15 is 0 Å². The second-order valence-electron chi connectivity index (χ2n) is 3.13. The number of aliphatic carboxylic acids is 1. The molecule has 0 aromatic heterocycles. The first-order chi connectivity index (χ1) is 5.37. The molecular weight excluding hydrogens is 181 g/mol. The first-order valence-corrected chi connectivity index (χ1v) is 3.52. The van der Waals surface area contributed by atoms with Crippen LogP contribution in [0.25, 0.3) is 0 Å². The molecule has 0 aromatic rings. The summed E-state index contributed by atoms with van der Waals surface area (Å²) in [6, 6.07) is 0. The third kappa shape index (κ3) is 8.02. The average Bonchev–Trinajstić information content (AvgIpc) is 1.83. The molecule has 0 radical (unpaired) electrons. The molecule has 0 saturated heterocycles. The molecule has 0 fully saturated rings. The minimum absolute atomic E-state index is 0. The van der Waals surface area contributed by atoms with Crippen LogP contribution in [0.3, 0.4) is 0 Å². The number of carbonyl (C=O) groups excluding carboxylic acids is 2. The quantitative estimate of drug-likeness (QED) is 0.368. The van der Waals surface area contributed by atoms with Gasteiger partial charge in [-0.15, -0.1) is 0 Å². The van der Waals surface area contributed by atoms with Crippen LogP contribution in [0.15, 0.2) is 12.7 Å². The number of amides is 1. The number of hydrogen-bond donors (Lipinski definition) is 1. The molecule has 0 aliphatic rings. The Kier molecular flexibility index (Phi) is 7.21. The van der Waals surface area contributed by atoms with Crippen molar-refractivity contribution >= 4 is 11.9 Å². The maximum absolute atomic E-state index is 10.8. The van der Waals surface area contributed by atoms with Crippen molar-refractivity contribution in [1.82, 2.24) is 5.32 Å². The van der Waals surface area contributed by atoms with Gasteiger partial charge in [0.25, 0.3) is 0 Å². The summed E-state index contributed by atoms with van der Waals surface area (Å²) in [4.78, 5) is 21.0. The van der Waals surface area contributed by atoms with E-state index in [-0.39, 0.29) is 41.9 Å². The Morgan fingerprint density at radius 1 is 1.54 bits per heavy atom. The summed E-state index contributed by atoms with van der Waals surface area (Å²) in [6.45, 7) is 6.45. The largest absolute Gasteiger partial charge is 1.00 e. The molecule has 1 amide bonds. The van der Waals surface area contributed by atoms with Crippen molar-refractivity contribution in [2.24, 2.45) is 0 Å². The Bertz CT molecular complexity index is 213. The van der Waals surface area contributed by atoms with Crippen LogP contribution in [0.4, 0.5) is 0 Å². The SMILES string of the molecule is C=CC(=O)NC(C)(C)CC(=O)[O-].[Na+]. The van der Waals surface area contributed by atoms with Crippen LogP contribution in [0.2, 0.25) is 0 Å². The zero-order chi connectivity index (χ0) is 9.78. The minimum Gasteiger partial charge on any atom is -0.550 e. The maximum atomic E-state index is 10.8. The fourth-order valence-electron chi connectivity index (χ4n) is 0.790. The Morgan fingerprint density at radius 3 is 2.31 bits per heavy atom. The molecule has 68 valence electrons. The van der Waals surface area contributed by atoms with Crippen molar-refractivity contribution in [2.45, 2.75) is 25.8 Å². The summed E-state index contributed by atoms with van der Waals surface area (Å²) >= 11 is 0. The number of rotatable bonds is 4. The fraction of sp³-hybridized carbons (Fsp3) is 0.500. The Morgan fingerprint density at radius 2 is 2.00 bits per heavy atom. The van der Waals surface area contributed by atoms with Crippen LogP contribution in [-0.2, 0) is 9.59 Å². The summed E-state index contributed by atoms with van der Waals surface area (Å²) in [5.74, 6) is -1.58. The number of hydrogen-bond acceptors (Lipinski definition) is 3. The Balaban J connectivity index is 0. The van der Waals surface area contributed by atoms with Gasteiger partial charge in [0.2, 0.25) is 5.91 Å². The van der Waals surface area contributed by atoms with E-state index in [4.69, 9.17) is 0 Å². The molecule has 0 aliphatic carbocycles. The molecule has 0 atom stereocenters. The molecule has 0 aliphatic heterocycles. The van der Waals surface area contributed by atoms with Crippen molar-refractivity contribution in [3.05, 3.63) is 12.7 Å². The van der Waals surface area contributed by atoms with E-state index in [1.165, 1.54) is 0 Å². The summed E-state index contributed by atoms with van der Waals surface area (Å²) < 4.78 is 0. The van der Waals surface area contributed by atoms with Gasteiger partial charge in [-0.3, -0.25) is 4.79 Å². The average molecular weight is 193 g/mol. The van der Waals surface area contributed by atoms with Gasteiger partial charge in [0.05, 0.1) is 0 Å². The third-order valence-corrected chi connectivity index (χ3v) is 1.23. The van der Waals surface area contributed by atoms with E-state index in [2.05, 4.69) is 11.9 Å². The van der Waals surface area contributed by atoms with Gasteiger partial charge >= 0.3 is 29.6 Å². The number of nitrogens with one attached hydrogen (secondary N) is 1. The summed E-state index contributed by atoms with van der Waals surface area (Å²) in [5.41, 5.74) is -0.788. The predicted molar refractivity (Wildman–Crippen MR) is 42.0 cm³/mol. The molecule has 0 aromatic carbocycles. The molecule has 0 heterocycles. The van der Waals surface area contributed by atoms with Crippen LogP contribution in [0.5, 0.6) is 0 Å². The van der Waals surface area contributed by atoms with Crippen LogP contribution < -0.4 is 40.0 Å². The number of carboxylic acids is 1. The van der Waals surface area contributed by atoms with Gasteiger partial charge in [-0.05, 0) is 19.9 Å². The van der Waals surface area contributed by atoms with E-state index in [1.54, 1.807) is 13.8 Å². The first kappa shape index (κ1) is 15.2. The molecule has 5 heteroatoms. The molecular formula is C8H12NNaO3. The van der Waals surface area contributed by atoms with E-state index in [0.717, 1.165) is 6.08 Å². The Hall–Kier alpha value is -0.320. The van der Waals surface area contributed by atoms with E-state index in [9.17, 15) is 14.7 Å². The smallest absolute Gasteiger partial charge is 0.550 e. The number of carboxylic acid groups (broad SMARTS) is 1. The first-order valence-electron chi connectivity index (χ1n) is 3.52. The van der Waals surface area contributed by atoms with E-state index < -0.39 is 11.5 Å². The second kappa shape index (κ2) is 6.18. The molecule has 0 unspecified atom stereocenters. The van der Waals surface area contributed by atoms with Gasteiger partial charge in [-0.1, -0.05) is 6.58 Å². The second-order valence-corrected chi connectivity index (χ2v) is 3.13. The van der Waals surface area contributed by atoms with Gasteiger partial charge < -0.3 is 15.2 Å². The fourth-order valence-corrected chi connectivity index (χ4v) is 0.790. The van der Waals surface area contributed by atoms with E-state index in [0.29, 0.717) is 0 Å². The van der Waals surface area contributed by atoms with Crippen LogP contribution in [0, 0.1) is 0 Å². The van der Waals surface area contributed by atoms with Gasteiger partial charge in [0.15, 0.2) is 0 Å². The minimum atomic E-state index is -1.19. The third-order valence-electron chi connectivity index (χ3n) is 1.23. The van der Waals surface area contributed by atoms with Crippen molar-refractivity contribution in [3.63, 3.8) is 0 Å². The monoisotopic (exact) mass is 193 g/mol. The normalized spacial score (nSPS) is 9.69.